The highest BCUT2D eigenvalue weighted by atomic mass is 16.5. The van der Waals surface area contributed by atoms with E-state index in [4.69, 9.17) is 4.74 Å². The maximum absolute atomic E-state index is 10.9. The van der Waals surface area contributed by atoms with Crippen LogP contribution >= 0.6 is 0 Å². The molecule has 0 fully saturated rings. The van der Waals surface area contributed by atoms with E-state index in [0.29, 0.717) is 5.75 Å². The van der Waals surface area contributed by atoms with E-state index in [0.717, 1.165) is 11.1 Å². The van der Waals surface area contributed by atoms with E-state index in [1.54, 1.807) is 24.3 Å². The Labute approximate surface area is 111 Å². The van der Waals surface area contributed by atoms with Crippen molar-refractivity contribution in [3.63, 3.8) is 0 Å². The van der Waals surface area contributed by atoms with Crippen LogP contribution in [0.5, 0.6) is 11.5 Å². The van der Waals surface area contributed by atoms with Gasteiger partial charge in [-0.3, -0.25) is 4.79 Å². The number of ether oxygens (including phenoxy) is 1. The molecule has 2 rings (SSSR count). The second kappa shape index (κ2) is 5.87. The Morgan fingerprint density at radius 2 is 1.74 bits per heavy atom. The Bertz CT molecular complexity index is 598. The summed E-state index contributed by atoms with van der Waals surface area (Å²) in [6, 6.07) is 14.2. The normalized spacial score (nSPS) is 10.6. The molecule has 0 amide bonds. The molecular formula is C16H14O3. The van der Waals surface area contributed by atoms with E-state index in [9.17, 15) is 9.90 Å². The molecule has 0 atom stereocenters. The van der Waals surface area contributed by atoms with E-state index in [2.05, 4.69) is 0 Å². The van der Waals surface area contributed by atoms with Gasteiger partial charge in [-0.15, -0.1) is 0 Å². The highest BCUT2D eigenvalue weighted by Gasteiger charge is 1.97. The summed E-state index contributed by atoms with van der Waals surface area (Å²) in [6.45, 7) is 1.37. The van der Waals surface area contributed by atoms with Crippen LogP contribution in [0.2, 0.25) is 0 Å². The molecule has 0 radical (unpaired) electrons. The van der Waals surface area contributed by atoms with Crippen LogP contribution in [0.1, 0.15) is 18.1 Å². The Morgan fingerprint density at radius 3 is 2.42 bits per heavy atom. The second-order valence-electron chi connectivity index (χ2n) is 4.09. The molecule has 0 spiro atoms. The number of rotatable bonds is 3. The molecule has 0 aliphatic carbocycles. The maximum Gasteiger partial charge on any atom is 0.308 e. The van der Waals surface area contributed by atoms with Crippen molar-refractivity contribution in [3.8, 4) is 11.5 Å². The third-order valence-electron chi connectivity index (χ3n) is 2.48. The first-order valence-electron chi connectivity index (χ1n) is 5.89. The van der Waals surface area contributed by atoms with Crippen molar-refractivity contribution < 1.29 is 14.6 Å². The summed E-state index contributed by atoms with van der Waals surface area (Å²) in [4.78, 5) is 10.9. The molecule has 0 heterocycles. The fourth-order valence-corrected chi connectivity index (χ4v) is 1.63. The fraction of sp³-hybridized carbons (Fsp3) is 0.0625. The lowest BCUT2D eigenvalue weighted by atomic mass is 10.1. The molecule has 96 valence electrons. The zero-order chi connectivity index (χ0) is 13.7. The summed E-state index contributed by atoms with van der Waals surface area (Å²) < 4.78 is 5.02. The number of phenolic OH excluding ortho intramolecular Hbond substituents is 1. The van der Waals surface area contributed by atoms with Crippen molar-refractivity contribution in [3.05, 3.63) is 59.7 Å². The van der Waals surface area contributed by atoms with E-state index in [-0.39, 0.29) is 11.7 Å². The Balaban J connectivity index is 2.14. The molecule has 2 aromatic rings. The largest absolute Gasteiger partial charge is 0.508 e. The fourth-order valence-electron chi connectivity index (χ4n) is 1.63. The average Bonchev–Trinajstić information content (AvgIpc) is 2.38. The number of hydrogen-bond donors (Lipinski definition) is 1. The molecular weight excluding hydrogens is 240 g/mol. The van der Waals surface area contributed by atoms with Gasteiger partial charge >= 0.3 is 5.97 Å². The summed E-state index contributed by atoms with van der Waals surface area (Å²) >= 11 is 0. The molecule has 3 nitrogen and oxygen atoms in total. The van der Waals surface area contributed by atoms with Crippen LogP contribution in [0, 0.1) is 0 Å². The van der Waals surface area contributed by atoms with Gasteiger partial charge in [-0.2, -0.15) is 0 Å². The van der Waals surface area contributed by atoms with Gasteiger partial charge in [-0.1, -0.05) is 36.4 Å². The number of hydrogen-bond acceptors (Lipinski definition) is 3. The van der Waals surface area contributed by atoms with Crippen LogP contribution < -0.4 is 4.74 Å². The lowest BCUT2D eigenvalue weighted by molar-refractivity contribution is -0.131. The van der Waals surface area contributed by atoms with Crippen molar-refractivity contribution in [1.29, 1.82) is 0 Å². The van der Waals surface area contributed by atoms with Gasteiger partial charge in [0.25, 0.3) is 0 Å². The van der Waals surface area contributed by atoms with E-state index in [1.165, 1.54) is 6.92 Å². The lowest BCUT2D eigenvalue weighted by Crippen LogP contribution is -2.00. The third-order valence-corrected chi connectivity index (χ3v) is 2.48. The lowest BCUT2D eigenvalue weighted by Gasteiger charge is -2.01. The van der Waals surface area contributed by atoms with Gasteiger partial charge in [-0.25, -0.2) is 0 Å². The second-order valence-corrected chi connectivity index (χ2v) is 4.09. The van der Waals surface area contributed by atoms with Crippen molar-refractivity contribution in [2.45, 2.75) is 6.92 Å². The molecule has 0 aromatic heterocycles. The minimum Gasteiger partial charge on any atom is -0.508 e. The molecule has 2 aromatic carbocycles. The van der Waals surface area contributed by atoms with Crippen LogP contribution in [0.25, 0.3) is 12.2 Å². The first kappa shape index (κ1) is 12.9. The quantitative estimate of drug-likeness (QED) is 0.518. The van der Waals surface area contributed by atoms with Gasteiger partial charge in [0.15, 0.2) is 0 Å². The highest BCUT2D eigenvalue weighted by molar-refractivity contribution is 5.72. The summed E-state index contributed by atoms with van der Waals surface area (Å²) in [7, 11) is 0. The van der Waals surface area contributed by atoms with Crippen LogP contribution in [0.3, 0.4) is 0 Å². The summed E-state index contributed by atoms with van der Waals surface area (Å²) in [5.74, 6) is 0.439. The van der Waals surface area contributed by atoms with Gasteiger partial charge in [0, 0.05) is 6.92 Å². The van der Waals surface area contributed by atoms with Crippen LogP contribution in [0.15, 0.2) is 48.5 Å². The molecule has 0 saturated heterocycles. The SMILES string of the molecule is CC(=O)Oc1cccc(C=Cc2ccc(O)cc2)c1. The molecule has 3 heteroatoms. The number of benzene rings is 2. The van der Waals surface area contributed by atoms with Gasteiger partial charge in [0.2, 0.25) is 0 Å². The first-order valence-corrected chi connectivity index (χ1v) is 5.89. The molecule has 0 aliphatic rings. The predicted octanol–water partition coefficient (Wildman–Crippen LogP) is 3.49. The number of phenols is 1. The molecule has 19 heavy (non-hydrogen) atoms. The monoisotopic (exact) mass is 254 g/mol. The number of esters is 1. The van der Waals surface area contributed by atoms with Crippen molar-refractivity contribution >= 4 is 18.1 Å². The van der Waals surface area contributed by atoms with E-state index >= 15 is 0 Å². The summed E-state index contributed by atoms with van der Waals surface area (Å²) in [6.07, 6.45) is 3.84. The van der Waals surface area contributed by atoms with Gasteiger partial charge in [0.05, 0.1) is 0 Å². The third kappa shape index (κ3) is 4.00. The number of carbonyl (C=O) groups is 1. The summed E-state index contributed by atoms with van der Waals surface area (Å²) in [5, 5.41) is 9.19. The minimum absolute atomic E-state index is 0.244. The standard InChI is InChI=1S/C16H14O3/c1-12(17)19-16-4-2-3-14(11-16)6-5-13-7-9-15(18)10-8-13/h2-11,18H,1H3. The van der Waals surface area contributed by atoms with Gasteiger partial charge in [-0.05, 0) is 35.4 Å². The molecule has 1 N–H and O–H groups in total. The number of aromatic hydroxyl groups is 1. The summed E-state index contributed by atoms with van der Waals surface area (Å²) in [5.41, 5.74) is 1.92. The first-order chi connectivity index (χ1) is 9.13. The minimum atomic E-state index is -0.334. The molecule has 0 unspecified atom stereocenters. The van der Waals surface area contributed by atoms with Crippen molar-refractivity contribution in [2.75, 3.05) is 0 Å². The number of carbonyl (C=O) groups excluding carboxylic acids is 1. The van der Waals surface area contributed by atoms with Gasteiger partial charge < -0.3 is 9.84 Å². The van der Waals surface area contributed by atoms with Crippen LogP contribution in [-0.4, -0.2) is 11.1 Å². The van der Waals surface area contributed by atoms with Crippen LogP contribution in [0.4, 0.5) is 0 Å². The predicted molar refractivity (Wildman–Crippen MR) is 74.8 cm³/mol. The topological polar surface area (TPSA) is 46.5 Å². The zero-order valence-electron chi connectivity index (χ0n) is 10.5. The smallest absolute Gasteiger partial charge is 0.308 e. The average molecular weight is 254 g/mol. The maximum atomic E-state index is 10.9. The Hall–Kier alpha value is -2.55. The molecule has 0 aliphatic heterocycles. The van der Waals surface area contributed by atoms with Crippen molar-refractivity contribution in [1.82, 2.24) is 0 Å². The Kier molecular flexibility index (Phi) is 3.98. The zero-order valence-corrected chi connectivity index (χ0v) is 10.5. The van der Waals surface area contributed by atoms with E-state index in [1.807, 2.05) is 36.4 Å². The van der Waals surface area contributed by atoms with E-state index < -0.39 is 0 Å². The van der Waals surface area contributed by atoms with Crippen LogP contribution in [-0.2, 0) is 4.79 Å². The highest BCUT2D eigenvalue weighted by Crippen LogP contribution is 2.17. The van der Waals surface area contributed by atoms with Crippen molar-refractivity contribution in [2.24, 2.45) is 0 Å². The molecule has 0 saturated carbocycles. The van der Waals surface area contributed by atoms with Gasteiger partial charge in [0.1, 0.15) is 11.5 Å². The Morgan fingerprint density at radius 1 is 1.05 bits per heavy atom. The molecule has 0 bridgehead atoms.